The van der Waals surface area contributed by atoms with Crippen LogP contribution in [0.15, 0.2) is 0 Å². The summed E-state index contributed by atoms with van der Waals surface area (Å²) in [5.74, 6) is -0.00749. The van der Waals surface area contributed by atoms with Gasteiger partial charge in [0.25, 0.3) is 0 Å². The third kappa shape index (κ3) is 6.47. The van der Waals surface area contributed by atoms with E-state index >= 15 is 0 Å². The normalized spacial score (nSPS) is 13.6. The van der Waals surface area contributed by atoms with Gasteiger partial charge in [-0.05, 0) is 33.1 Å². The van der Waals surface area contributed by atoms with Crippen molar-refractivity contribution in [3.05, 3.63) is 0 Å². The molecule has 0 aliphatic rings. The summed E-state index contributed by atoms with van der Waals surface area (Å²) in [7, 11) is 1.71. The smallest absolute Gasteiger partial charge is 0.409 e. The number of hydrogen-bond acceptors (Lipinski definition) is 4. The molecule has 5 nitrogen and oxygen atoms in total. The minimum absolute atomic E-state index is 0.0356. The lowest BCUT2D eigenvalue weighted by Gasteiger charge is -2.26. The molecule has 106 valence electrons. The van der Waals surface area contributed by atoms with Crippen molar-refractivity contribution in [1.29, 1.82) is 0 Å². The third-order valence-electron chi connectivity index (χ3n) is 2.78. The molecule has 18 heavy (non-hydrogen) atoms. The summed E-state index contributed by atoms with van der Waals surface area (Å²) in [4.78, 5) is 24.4. The molecule has 0 aromatic rings. The maximum Gasteiger partial charge on any atom is 0.409 e. The van der Waals surface area contributed by atoms with Gasteiger partial charge in [0.1, 0.15) is 0 Å². The second-order valence-electron chi connectivity index (χ2n) is 4.51. The summed E-state index contributed by atoms with van der Waals surface area (Å²) < 4.78 is 9.82. The van der Waals surface area contributed by atoms with Gasteiger partial charge in [-0.15, -0.1) is 0 Å². The standard InChI is InChI=1S/C13H25NO4/c1-6-17-12(15)9-10(3)8-11(4)14(5)13(16)18-7-2/h10-11H,6-9H2,1-5H3. The van der Waals surface area contributed by atoms with E-state index in [0.29, 0.717) is 19.6 Å². The fourth-order valence-corrected chi connectivity index (χ4v) is 1.73. The third-order valence-corrected chi connectivity index (χ3v) is 2.78. The monoisotopic (exact) mass is 259 g/mol. The van der Waals surface area contributed by atoms with Crippen LogP contribution in [0.25, 0.3) is 0 Å². The zero-order valence-electron chi connectivity index (χ0n) is 12.1. The first kappa shape index (κ1) is 16.7. The molecule has 0 bridgehead atoms. The number of ether oxygens (including phenoxy) is 2. The summed E-state index contributed by atoms with van der Waals surface area (Å²) in [5.41, 5.74) is 0. The van der Waals surface area contributed by atoms with Crippen molar-refractivity contribution in [2.75, 3.05) is 20.3 Å². The Kier molecular flexibility index (Phi) is 8.16. The van der Waals surface area contributed by atoms with Gasteiger partial charge < -0.3 is 14.4 Å². The van der Waals surface area contributed by atoms with Crippen LogP contribution >= 0.6 is 0 Å². The van der Waals surface area contributed by atoms with E-state index in [4.69, 9.17) is 9.47 Å². The maximum atomic E-state index is 11.5. The fraction of sp³-hybridized carbons (Fsp3) is 0.846. The van der Waals surface area contributed by atoms with Crippen molar-refractivity contribution in [3.63, 3.8) is 0 Å². The van der Waals surface area contributed by atoms with E-state index in [2.05, 4.69) is 0 Å². The summed E-state index contributed by atoms with van der Waals surface area (Å²) >= 11 is 0. The number of carbonyl (C=O) groups excluding carboxylic acids is 2. The van der Waals surface area contributed by atoms with Crippen molar-refractivity contribution in [3.8, 4) is 0 Å². The number of hydrogen-bond donors (Lipinski definition) is 0. The Morgan fingerprint density at radius 2 is 1.67 bits per heavy atom. The van der Waals surface area contributed by atoms with E-state index in [1.807, 2.05) is 13.8 Å². The second kappa shape index (κ2) is 8.78. The summed E-state index contributed by atoms with van der Waals surface area (Å²) in [6.45, 7) is 8.27. The average molecular weight is 259 g/mol. The minimum Gasteiger partial charge on any atom is -0.466 e. The average Bonchev–Trinajstić information content (AvgIpc) is 2.28. The molecule has 2 unspecified atom stereocenters. The number of amides is 1. The van der Waals surface area contributed by atoms with Crippen LogP contribution in [0.2, 0.25) is 0 Å². The Morgan fingerprint density at radius 1 is 1.11 bits per heavy atom. The number of esters is 1. The molecule has 0 radical (unpaired) electrons. The molecular formula is C13H25NO4. The molecule has 0 aromatic carbocycles. The minimum atomic E-state index is -0.326. The van der Waals surface area contributed by atoms with Crippen LogP contribution in [-0.2, 0) is 14.3 Å². The molecule has 0 aliphatic heterocycles. The molecule has 0 heterocycles. The van der Waals surface area contributed by atoms with Gasteiger partial charge in [0.05, 0.1) is 13.2 Å². The molecule has 0 aromatic heterocycles. The molecule has 0 rings (SSSR count). The van der Waals surface area contributed by atoms with Crippen molar-refractivity contribution in [2.24, 2.45) is 5.92 Å². The number of nitrogens with zero attached hydrogens (tertiary/aromatic N) is 1. The molecule has 2 atom stereocenters. The van der Waals surface area contributed by atoms with Gasteiger partial charge in [0.15, 0.2) is 0 Å². The van der Waals surface area contributed by atoms with Crippen LogP contribution in [0.3, 0.4) is 0 Å². The highest BCUT2D eigenvalue weighted by atomic mass is 16.6. The first-order valence-corrected chi connectivity index (χ1v) is 6.47. The molecule has 5 heteroatoms. The van der Waals surface area contributed by atoms with Gasteiger partial charge in [-0.2, -0.15) is 0 Å². The van der Waals surface area contributed by atoms with Crippen molar-refractivity contribution in [2.45, 2.75) is 46.6 Å². The lowest BCUT2D eigenvalue weighted by atomic mass is 9.99. The molecule has 0 N–H and O–H groups in total. The predicted molar refractivity (Wildman–Crippen MR) is 69.3 cm³/mol. The predicted octanol–water partition coefficient (Wildman–Crippen LogP) is 2.44. The lowest BCUT2D eigenvalue weighted by molar-refractivity contribution is -0.144. The molecular weight excluding hydrogens is 234 g/mol. The first-order chi connectivity index (χ1) is 8.42. The van der Waals surface area contributed by atoms with Crippen LogP contribution in [0, 0.1) is 5.92 Å². The molecule has 0 fully saturated rings. The van der Waals surface area contributed by atoms with Gasteiger partial charge in [-0.1, -0.05) is 6.92 Å². The summed E-state index contributed by atoms with van der Waals surface area (Å²) in [6, 6.07) is 0.0356. The lowest BCUT2D eigenvalue weighted by Crippen LogP contribution is -2.36. The number of rotatable bonds is 7. The highest BCUT2D eigenvalue weighted by molar-refractivity contribution is 5.69. The van der Waals surface area contributed by atoms with Crippen molar-refractivity contribution in [1.82, 2.24) is 4.90 Å². The van der Waals surface area contributed by atoms with E-state index in [1.165, 1.54) is 0 Å². The zero-order chi connectivity index (χ0) is 14.1. The first-order valence-electron chi connectivity index (χ1n) is 6.47. The van der Waals surface area contributed by atoms with E-state index in [1.54, 1.807) is 25.8 Å². The van der Waals surface area contributed by atoms with Crippen molar-refractivity contribution < 1.29 is 19.1 Å². The Bertz CT molecular complexity index is 268. The van der Waals surface area contributed by atoms with Gasteiger partial charge in [-0.25, -0.2) is 4.79 Å². The topological polar surface area (TPSA) is 55.8 Å². The Balaban J connectivity index is 4.09. The van der Waals surface area contributed by atoms with Crippen LogP contribution < -0.4 is 0 Å². The highest BCUT2D eigenvalue weighted by Crippen LogP contribution is 2.15. The largest absolute Gasteiger partial charge is 0.466 e. The van der Waals surface area contributed by atoms with E-state index < -0.39 is 0 Å². The maximum absolute atomic E-state index is 11.5. The Hall–Kier alpha value is -1.26. The van der Waals surface area contributed by atoms with E-state index in [-0.39, 0.29) is 24.0 Å². The summed E-state index contributed by atoms with van der Waals surface area (Å²) in [5, 5.41) is 0. The van der Waals surface area contributed by atoms with Crippen LogP contribution in [0.5, 0.6) is 0 Å². The SMILES string of the molecule is CCOC(=O)CC(C)CC(C)N(C)C(=O)OCC. The molecule has 0 spiro atoms. The molecule has 1 amide bonds. The quantitative estimate of drug-likeness (QED) is 0.659. The summed E-state index contributed by atoms with van der Waals surface area (Å²) in [6.07, 6.45) is 0.802. The Morgan fingerprint density at radius 3 is 2.17 bits per heavy atom. The van der Waals surface area contributed by atoms with E-state index in [9.17, 15) is 9.59 Å². The highest BCUT2D eigenvalue weighted by Gasteiger charge is 2.20. The fourth-order valence-electron chi connectivity index (χ4n) is 1.73. The van der Waals surface area contributed by atoms with Crippen molar-refractivity contribution >= 4 is 12.1 Å². The second-order valence-corrected chi connectivity index (χ2v) is 4.51. The van der Waals surface area contributed by atoms with Crippen LogP contribution in [0.4, 0.5) is 4.79 Å². The zero-order valence-corrected chi connectivity index (χ0v) is 12.1. The van der Waals surface area contributed by atoms with Gasteiger partial charge in [-0.3, -0.25) is 4.79 Å². The van der Waals surface area contributed by atoms with Crippen LogP contribution in [0.1, 0.15) is 40.5 Å². The molecule has 0 saturated carbocycles. The van der Waals surface area contributed by atoms with Gasteiger partial charge in [0.2, 0.25) is 0 Å². The Labute approximate surface area is 109 Å². The molecule has 0 saturated heterocycles. The van der Waals surface area contributed by atoms with Gasteiger partial charge in [0, 0.05) is 19.5 Å². The number of carbonyl (C=O) groups is 2. The molecule has 0 aliphatic carbocycles. The van der Waals surface area contributed by atoms with Crippen LogP contribution in [-0.4, -0.2) is 43.3 Å². The van der Waals surface area contributed by atoms with E-state index in [0.717, 1.165) is 6.42 Å². The van der Waals surface area contributed by atoms with Gasteiger partial charge >= 0.3 is 12.1 Å².